The third-order valence-corrected chi connectivity index (χ3v) is 5.61. The molecule has 1 saturated heterocycles. The van der Waals surface area contributed by atoms with E-state index in [0.717, 1.165) is 5.82 Å². The topological polar surface area (TPSA) is 84.3 Å². The van der Waals surface area contributed by atoms with Gasteiger partial charge in [0, 0.05) is 44.9 Å². The molecule has 1 amide bonds. The number of hydrogen-bond donors (Lipinski definition) is 1. The standard InChI is InChI=1S/C14H24N4O3S/c1-4-18-12(19)7-6-11(10-16-22(20,21)5-2)13(18)14-15-8-9-17(14)3/h8-9,11,13,16H,4-7,10H2,1-3H3/t11-,13+/m1/s1. The van der Waals surface area contributed by atoms with Crippen LogP contribution in [0.2, 0.25) is 0 Å². The first-order valence-corrected chi connectivity index (χ1v) is 9.28. The molecule has 1 aromatic heterocycles. The molecule has 1 N–H and O–H groups in total. The highest BCUT2D eigenvalue weighted by atomic mass is 32.2. The van der Waals surface area contributed by atoms with Crippen LogP contribution in [0.5, 0.6) is 0 Å². The zero-order valence-electron chi connectivity index (χ0n) is 13.3. The van der Waals surface area contributed by atoms with Gasteiger partial charge in [0.05, 0.1) is 11.8 Å². The van der Waals surface area contributed by atoms with E-state index >= 15 is 0 Å². The van der Waals surface area contributed by atoms with E-state index in [0.29, 0.717) is 25.9 Å². The lowest BCUT2D eigenvalue weighted by molar-refractivity contribution is -0.139. The molecule has 1 aliphatic rings. The highest BCUT2D eigenvalue weighted by Crippen LogP contribution is 2.35. The summed E-state index contributed by atoms with van der Waals surface area (Å²) >= 11 is 0. The molecule has 1 aliphatic heterocycles. The average molecular weight is 328 g/mol. The number of nitrogens with zero attached hydrogens (tertiary/aromatic N) is 3. The van der Waals surface area contributed by atoms with Crippen LogP contribution in [-0.2, 0) is 21.9 Å². The van der Waals surface area contributed by atoms with E-state index in [-0.39, 0.29) is 23.6 Å². The van der Waals surface area contributed by atoms with Crippen LogP contribution in [0.25, 0.3) is 0 Å². The Kier molecular flexibility index (Phi) is 5.23. The highest BCUT2D eigenvalue weighted by molar-refractivity contribution is 7.89. The zero-order valence-corrected chi connectivity index (χ0v) is 14.1. The first kappa shape index (κ1) is 17.0. The van der Waals surface area contributed by atoms with Crippen LogP contribution < -0.4 is 4.72 Å². The van der Waals surface area contributed by atoms with Gasteiger partial charge in [-0.15, -0.1) is 0 Å². The molecule has 124 valence electrons. The Balaban J connectivity index is 2.26. The van der Waals surface area contributed by atoms with Crippen molar-refractivity contribution in [3.8, 4) is 0 Å². The Morgan fingerprint density at radius 2 is 2.14 bits per heavy atom. The van der Waals surface area contributed by atoms with E-state index in [1.165, 1.54) is 0 Å². The molecule has 0 aromatic carbocycles. The summed E-state index contributed by atoms with van der Waals surface area (Å²) < 4.78 is 28.0. The number of likely N-dealkylation sites (tertiary alicyclic amines) is 1. The quantitative estimate of drug-likeness (QED) is 0.831. The van der Waals surface area contributed by atoms with Crippen LogP contribution in [0.3, 0.4) is 0 Å². The Bertz CT molecular complexity index is 626. The van der Waals surface area contributed by atoms with Gasteiger partial charge in [-0.2, -0.15) is 0 Å². The van der Waals surface area contributed by atoms with Gasteiger partial charge >= 0.3 is 0 Å². The maximum Gasteiger partial charge on any atom is 0.223 e. The number of carbonyl (C=O) groups is 1. The number of piperidine rings is 1. The smallest absolute Gasteiger partial charge is 0.223 e. The number of rotatable bonds is 6. The molecule has 0 bridgehead atoms. The Morgan fingerprint density at radius 1 is 1.41 bits per heavy atom. The first-order valence-electron chi connectivity index (χ1n) is 7.63. The van der Waals surface area contributed by atoms with E-state index in [2.05, 4.69) is 9.71 Å². The summed E-state index contributed by atoms with van der Waals surface area (Å²) in [5.74, 6) is 0.990. The minimum Gasteiger partial charge on any atom is -0.336 e. The second kappa shape index (κ2) is 6.78. The largest absolute Gasteiger partial charge is 0.336 e. The Labute approximate surface area is 131 Å². The first-order chi connectivity index (χ1) is 10.4. The summed E-state index contributed by atoms with van der Waals surface area (Å²) in [5, 5.41) is 0. The Hall–Kier alpha value is -1.41. The van der Waals surface area contributed by atoms with Gasteiger partial charge in [-0.05, 0) is 20.3 Å². The number of sulfonamides is 1. The predicted molar refractivity (Wildman–Crippen MR) is 83.5 cm³/mol. The minimum atomic E-state index is -3.24. The van der Waals surface area contributed by atoms with Crippen LogP contribution in [-0.4, -0.2) is 47.6 Å². The molecule has 7 nitrogen and oxygen atoms in total. The average Bonchev–Trinajstić information content (AvgIpc) is 2.91. The van der Waals surface area contributed by atoms with Gasteiger partial charge in [-0.25, -0.2) is 18.1 Å². The van der Waals surface area contributed by atoms with Crippen molar-refractivity contribution in [2.24, 2.45) is 13.0 Å². The van der Waals surface area contributed by atoms with Crippen LogP contribution in [0.4, 0.5) is 0 Å². The SMILES string of the molecule is CCN1C(=O)CC[C@H](CNS(=O)(=O)CC)[C@H]1c1nccn1C. The van der Waals surface area contributed by atoms with E-state index < -0.39 is 10.0 Å². The van der Waals surface area contributed by atoms with Gasteiger partial charge in [-0.3, -0.25) is 4.79 Å². The molecular formula is C14H24N4O3S. The summed E-state index contributed by atoms with van der Waals surface area (Å²) in [6.07, 6.45) is 4.66. The maximum absolute atomic E-state index is 12.2. The van der Waals surface area contributed by atoms with Crippen molar-refractivity contribution >= 4 is 15.9 Å². The fourth-order valence-electron chi connectivity index (χ4n) is 2.96. The normalized spacial score (nSPS) is 23.0. The number of hydrogen-bond acceptors (Lipinski definition) is 4. The van der Waals surface area contributed by atoms with Crippen LogP contribution in [0.1, 0.15) is 38.6 Å². The number of amides is 1. The van der Waals surface area contributed by atoms with Gasteiger partial charge < -0.3 is 9.47 Å². The van der Waals surface area contributed by atoms with Crippen molar-refractivity contribution in [3.63, 3.8) is 0 Å². The second-order valence-corrected chi connectivity index (χ2v) is 7.67. The molecule has 0 unspecified atom stereocenters. The van der Waals surface area contributed by atoms with Crippen molar-refractivity contribution in [1.29, 1.82) is 0 Å². The number of carbonyl (C=O) groups excluding carboxylic acids is 1. The van der Waals surface area contributed by atoms with E-state index in [1.54, 1.807) is 18.0 Å². The summed E-state index contributed by atoms with van der Waals surface area (Å²) in [7, 11) is -1.35. The fourth-order valence-corrected chi connectivity index (χ4v) is 3.63. The van der Waals surface area contributed by atoms with Crippen molar-refractivity contribution in [3.05, 3.63) is 18.2 Å². The van der Waals surface area contributed by atoms with E-state index in [4.69, 9.17) is 0 Å². The lowest BCUT2D eigenvalue weighted by Gasteiger charge is -2.40. The molecule has 22 heavy (non-hydrogen) atoms. The van der Waals surface area contributed by atoms with Crippen LogP contribution >= 0.6 is 0 Å². The molecule has 0 spiro atoms. The zero-order chi connectivity index (χ0) is 16.3. The van der Waals surface area contributed by atoms with Crippen molar-refractivity contribution in [2.75, 3.05) is 18.8 Å². The number of aromatic nitrogens is 2. The molecule has 0 saturated carbocycles. The number of imidazole rings is 1. The third kappa shape index (κ3) is 3.49. The van der Waals surface area contributed by atoms with Gasteiger partial charge in [0.2, 0.25) is 15.9 Å². The molecule has 8 heteroatoms. The lowest BCUT2D eigenvalue weighted by atomic mass is 9.88. The molecule has 2 heterocycles. The van der Waals surface area contributed by atoms with E-state index in [1.807, 2.05) is 24.7 Å². The predicted octanol–water partition coefficient (Wildman–Crippen LogP) is 0.659. The summed E-state index contributed by atoms with van der Waals surface area (Å²) in [5.41, 5.74) is 0. The monoisotopic (exact) mass is 328 g/mol. The molecule has 2 atom stereocenters. The van der Waals surface area contributed by atoms with Crippen LogP contribution in [0, 0.1) is 5.92 Å². The van der Waals surface area contributed by atoms with Gasteiger partial charge in [-0.1, -0.05) is 0 Å². The molecule has 1 fully saturated rings. The third-order valence-electron chi connectivity index (χ3n) is 4.24. The second-order valence-electron chi connectivity index (χ2n) is 5.57. The Morgan fingerprint density at radius 3 is 2.68 bits per heavy atom. The van der Waals surface area contributed by atoms with Gasteiger partial charge in [0.25, 0.3) is 0 Å². The molecule has 2 rings (SSSR count). The number of aryl methyl sites for hydroxylation is 1. The molecular weight excluding hydrogens is 304 g/mol. The van der Waals surface area contributed by atoms with Crippen LogP contribution in [0.15, 0.2) is 12.4 Å². The van der Waals surface area contributed by atoms with Crippen molar-refractivity contribution < 1.29 is 13.2 Å². The molecule has 0 aliphatic carbocycles. The fraction of sp³-hybridized carbons (Fsp3) is 0.714. The van der Waals surface area contributed by atoms with Crippen molar-refractivity contribution in [2.45, 2.75) is 32.7 Å². The van der Waals surface area contributed by atoms with Gasteiger partial charge in [0.15, 0.2) is 0 Å². The molecule has 1 aromatic rings. The summed E-state index contributed by atoms with van der Waals surface area (Å²) in [4.78, 5) is 18.4. The lowest BCUT2D eigenvalue weighted by Crippen LogP contribution is -2.47. The van der Waals surface area contributed by atoms with E-state index in [9.17, 15) is 13.2 Å². The van der Waals surface area contributed by atoms with Gasteiger partial charge in [0.1, 0.15) is 5.82 Å². The summed E-state index contributed by atoms with van der Waals surface area (Å²) in [6.45, 7) is 4.47. The number of nitrogens with one attached hydrogen (secondary N) is 1. The highest BCUT2D eigenvalue weighted by Gasteiger charge is 2.38. The minimum absolute atomic E-state index is 0.0278. The summed E-state index contributed by atoms with van der Waals surface area (Å²) in [6, 6.07) is -0.189. The maximum atomic E-state index is 12.2. The molecule has 0 radical (unpaired) electrons. The van der Waals surface area contributed by atoms with Crippen molar-refractivity contribution in [1.82, 2.24) is 19.2 Å².